The molecule has 10 N–H and O–H groups in total. The Morgan fingerprint density at radius 1 is 0.486 bits per heavy atom. The van der Waals surface area contributed by atoms with E-state index in [0.717, 1.165) is 0 Å². The molecule has 0 aromatic rings. The molecule has 0 spiro atoms. The molecule has 3 saturated heterocycles. The summed E-state index contributed by atoms with van der Waals surface area (Å²) in [5.74, 6) is -1.77. The quantitative estimate of drug-likeness (QED) is 0.123. The second-order valence-corrected chi connectivity index (χ2v) is 9.86. The van der Waals surface area contributed by atoms with Crippen molar-refractivity contribution in [3.05, 3.63) is 0 Å². The average Bonchev–Trinajstić information content (AvgIpc) is 2.88. The fraction of sp³-hybridized carbons (Fsp3) is 1.00. The molecule has 37 heavy (non-hydrogen) atoms. The van der Waals surface area contributed by atoms with E-state index in [9.17, 15) is 51.1 Å². The van der Waals surface area contributed by atoms with Crippen molar-refractivity contribution in [1.29, 1.82) is 0 Å². The smallest absolute Gasteiger partial charge is 0.183 e. The summed E-state index contributed by atoms with van der Waals surface area (Å²) in [5.41, 5.74) is 0. The SMILES string of the molecule is CC1OC(COCC2C(CO)OC(COCC3C(CO)OC(O)C(O)C3O)C(O)C2O)C(O)C(O)C1O. The van der Waals surface area contributed by atoms with Crippen LogP contribution in [0.1, 0.15) is 6.92 Å². The fourth-order valence-electron chi connectivity index (χ4n) is 4.92. The Hall–Kier alpha value is -0.600. The fourth-order valence-corrected chi connectivity index (χ4v) is 4.92. The molecule has 3 aliphatic rings. The van der Waals surface area contributed by atoms with Crippen LogP contribution in [0.3, 0.4) is 0 Å². The van der Waals surface area contributed by atoms with Crippen LogP contribution in [0.4, 0.5) is 0 Å². The van der Waals surface area contributed by atoms with E-state index in [0.29, 0.717) is 0 Å². The van der Waals surface area contributed by atoms with Crippen LogP contribution in [0.25, 0.3) is 0 Å². The standard InChI is InChI=1S/C22H40O15/c1-8-15(25)20(30)19(29)13(35-8)6-33-4-9-11(2-23)36-14(18(28)16(9)26)7-34-5-10-12(3-24)37-22(32)21(31)17(10)27/h8-32H,2-7H2,1H3. The lowest BCUT2D eigenvalue weighted by Crippen LogP contribution is -2.59. The van der Waals surface area contributed by atoms with Gasteiger partial charge < -0.3 is 74.7 Å². The van der Waals surface area contributed by atoms with Crippen LogP contribution in [-0.2, 0) is 23.7 Å². The second-order valence-electron chi connectivity index (χ2n) is 9.86. The van der Waals surface area contributed by atoms with Gasteiger partial charge in [0.15, 0.2) is 6.29 Å². The lowest BCUT2D eigenvalue weighted by Gasteiger charge is -2.43. The minimum absolute atomic E-state index is 0.194. The van der Waals surface area contributed by atoms with Crippen molar-refractivity contribution < 1.29 is 74.7 Å². The molecule has 15 nitrogen and oxygen atoms in total. The molecule has 0 bridgehead atoms. The number of rotatable bonds is 10. The molecule has 3 aliphatic heterocycles. The Balaban J connectivity index is 1.50. The Labute approximate surface area is 213 Å². The Morgan fingerprint density at radius 3 is 1.49 bits per heavy atom. The van der Waals surface area contributed by atoms with Crippen LogP contribution < -0.4 is 0 Å². The summed E-state index contributed by atoms with van der Waals surface area (Å²) in [5, 5.41) is 99.8. The summed E-state index contributed by atoms with van der Waals surface area (Å²) in [6.45, 7) is -0.446. The van der Waals surface area contributed by atoms with Gasteiger partial charge in [-0.25, -0.2) is 0 Å². The van der Waals surface area contributed by atoms with Gasteiger partial charge in [-0.15, -0.1) is 0 Å². The highest BCUT2D eigenvalue weighted by atomic mass is 16.6. The highest BCUT2D eigenvalue weighted by Gasteiger charge is 2.47. The first kappa shape index (κ1) is 30.9. The number of hydrogen-bond donors (Lipinski definition) is 10. The summed E-state index contributed by atoms with van der Waals surface area (Å²) in [7, 11) is 0. The van der Waals surface area contributed by atoms with Crippen molar-refractivity contribution in [3.63, 3.8) is 0 Å². The van der Waals surface area contributed by atoms with Crippen molar-refractivity contribution in [2.24, 2.45) is 11.8 Å². The summed E-state index contributed by atoms with van der Waals surface area (Å²) in [6, 6.07) is 0. The van der Waals surface area contributed by atoms with E-state index in [1.807, 2.05) is 0 Å². The zero-order valence-electron chi connectivity index (χ0n) is 20.4. The molecule has 15 unspecified atom stereocenters. The molecule has 3 fully saturated rings. The molecule has 15 atom stereocenters. The lowest BCUT2D eigenvalue weighted by atomic mass is 9.87. The minimum Gasteiger partial charge on any atom is -0.394 e. The topological polar surface area (TPSA) is 248 Å². The maximum absolute atomic E-state index is 10.7. The third-order valence-electron chi connectivity index (χ3n) is 7.36. The van der Waals surface area contributed by atoms with Crippen LogP contribution >= 0.6 is 0 Å². The highest BCUT2D eigenvalue weighted by Crippen LogP contribution is 2.29. The van der Waals surface area contributed by atoms with Crippen LogP contribution in [0.5, 0.6) is 0 Å². The van der Waals surface area contributed by atoms with Crippen molar-refractivity contribution in [1.82, 2.24) is 0 Å². The molecular weight excluding hydrogens is 504 g/mol. The molecule has 3 rings (SSSR count). The van der Waals surface area contributed by atoms with E-state index >= 15 is 0 Å². The first-order valence-corrected chi connectivity index (χ1v) is 12.3. The van der Waals surface area contributed by atoms with Crippen molar-refractivity contribution >= 4 is 0 Å². The highest BCUT2D eigenvalue weighted by molar-refractivity contribution is 4.94. The summed E-state index contributed by atoms with van der Waals surface area (Å²) in [6.07, 6.45) is -16.4. The number of hydrogen-bond acceptors (Lipinski definition) is 15. The van der Waals surface area contributed by atoms with Gasteiger partial charge in [0.05, 0.1) is 70.2 Å². The zero-order valence-corrected chi connectivity index (χ0v) is 20.4. The molecule has 218 valence electrons. The van der Waals surface area contributed by atoms with E-state index in [-0.39, 0.29) is 26.4 Å². The Bertz CT molecular complexity index is 682. The second kappa shape index (κ2) is 13.6. The lowest BCUT2D eigenvalue weighted by molar-refractivity contribution is -0.282. The van der Waals surface area contributed by atoms with Crippen molar-refractivity contribution in [3.8, 4) is 0 Å². The molecule has 0 aromatic heterocycles. The van der Waals surface area contributed by atoms with Crippen molar-refractivity contribution in [2.45, 2.75) is 86.5 Å². The van der Waals surface area contributed by atoms with Gasteiger partial charge in [-0.05, 0) is 6.92 Å². The van der Waals surface area contributed by atoms with Gasteiger partial charge >= 0.3 is 0 Å². The molecule has 0 aromatic carbocycles. The Kier molecular flexibility index (Phi) is 11.4. The van der Waals surface area contributed by atoms with Gasteiger partial charge in [0.1, 0.15) is 42.7 Å². The van der Waals surface area contributed by atoms with Crippen LogP contribution in [0.15, 0.2) is 0 Å². The van der Waals surface area contributed by atoms with Gasteiger partial charge in [-0.1, -0.05) is 0 Å². The van der Waals surface area contributed by atoms with Crippen molar-refractivity contribution in [2.75, 3.05) is 39.6 Å². The number of aliphatic hydroxyl groups excluding tert-OH is 10. The van der Waals surface area contributed by atoms with E-state index in [4.69, 9.17) is 23.7 Å². The Morgan fingerprint density at radius 2 is 0.946 bits per heavy atom. The number of aliphatic hydroxyl groups is 10. The minimum atomic E-state index is -1.67. The molecule has 0 amide bonds. The third-order valence-corrected chi connectivity index (χ3v) is 7.36. The van der Waals surface area contributed by atoms with Gasteiger partial charge in [0, 0.05) is 11.8 Å². The summed E-state index contributed by atoms with van der Waals surface area (Å²) >= 11 is 0. The maximum atomic E-state index is 10.7. The third kappa shape index (κ3) is 6.95. The molecule has 0 aliphatic carbocycles. The zero-order chi connectivity index (χ0) is 27.4. The van der Waals surface area contributed by atoms with Crippen LogP contribution in [-0.4, -0.2) is 170 Å². The monoisotopic (exact) mass is 544 g/mol. The van der Waals surface area contributed by atoms with Gasteiger partial charge in [-0.3, -0.25) is 0 Å². The molecule has 3 heterocycles. The maximum Gasteiger partial charge on any atom is 0.183 e. The largest absolute Gasteiger partial charge is 0.394 e. The first-order valence-electron chi connectivity index (χ1n) is 12.3. The van der Waals surface area contributed by atoms with E-state index in [2.05, 4.69) is 0 Å². The van der Waals surface area contributed by atoms with Crippen LogP contribution in [0.2, 0.25) is 0 Å². The average molecular weight is 545 g/mol. The van der Waals surface area contributed by atoms with E-state index in [1.165, 1.54) is 6.92 Å². The predicted octanol–water partition coefficient (Wildman–Crippen LogP) is -5.97. The van der Waals surface area contributed by atoms with Crippen LogP contribution in [0, 0.1) is 11.8 Å². The molecule has 15 heteroatoms. The van der Waals surface area contributed by atoms with E-state index < -0.39 is 105 Å². The predicted molar refractivity (Wildman–Crippen MR) is 119 cm³/mol. The molecular formula is C22H40O15. The van der Waals surface area contributed by atoms with Gasteiger partial charge in [-0.2, -0.15) is 0 Å². The summed E-state index contributed by atoms with van der Waals surface area (Å²) < 4.78 is 27.3. The molecule has 0 radical (unpaired) electrons. The first-order chi connectivity index (χ1) is 17.5. The van der Waals surface area contributed by atoms with E-state index in [1.54, 1.807) is 0 Å². The summed E-state index contributed by atoms with van der Waals surface area (Å²) in [4.78, 5) is 0. The van der Waals surface area contributed by atoms with Gasteiger partial charge in [0.2, 0.25) is 0 Å². The number of ether oxygens (including phenoxy) is 5. The molecule has 0 saturated carbocycles. The van der Waals surface area contributed by atoms with Gasteiger partial charge in [0.25, 0.3) is 0 Å². The normalized spacial score (nSPS) is 49.2.